The maximum atomic E-state index is 13.6. The molecule has 2 N–H and O–H groups in total. The number of carbonyl (C=O) groups is 3. The Morgan fingerprint density at radius 2 is 1.86 bits per heavy atom. The Bertz CT molecular complexity index is 1220. The van der Waals surface area contributed by atoms with Crippen molar-refractivity contribution in [2.24, 2.45) is 0 Å². The minimum atomic E-state index is -0.618. The molecule has 3 aromatic rings. The number of benzene rings is 2. The summed E-state index contributed by atoms with van der Waals surface area (Å²) in [5.74, 6) is -1.78. The first kappa shape index (κ1) is 25.0. The topological polar surface area (TPSA) is 101 Å². The SMILES string of the molecule is O=C(CCN(C(=O)c1cncc(F)c1)c1ccccc1)NCCOC(=O)C1NCCc2ccccc21. The Morgan fingerprint density at radius 1 is 1.08 bits per heavy atom. The number of para-hydroxylation sites is 1. The lowest BCUT2D eigenvalue weighted by Crippen LogP contribution is -2.38. The highest BCUT2D eigenvalue weighted by atomic mass is 19.1. The fourth-order valence-corrected chi connectivity index (χ4v) is 4.08. The highest BCUT2D eigenvalue weighted by molar-refractivity contribution is 6.06. The van der Waals surface area contributed by atoms with Crippen molar-refractivity contribution in [1.82, 2.24) is 15.6 Å². The van der Waals surface area contributed by atoms with E-state index in [1.165, 1.54) is 11.1 Å². The summed E-state index contributed by atoms with van der Waals surface area (Å²) in [5, 5.41) is 5.88. The number of hydrogen-bond donors (Lipinski definition) is 2. The van der Waals surface area contributed by atoms with Crippen molar-refractivity contribution < 1.29 is 23.5 Å². The Balaban J connectivity index is 1.27. The van der Waals surface area contributed by atoms with E-state index in [1.807, 2.05) is 30.3 Å². The molecule has 2 aromatic carbocycles. The van der Waals surface area contributed by atoms with E-state index in [-0.39, 0.29) is 43.6 Å². The van der Waals surface area contributed by atoms with Crippen LogP contribution in [-0.4, -0.2) is 49.0 Å². The fraction of sp³-hybridized carbons (Fsp3) is 0.259. The van der Waals surface area contributed by atoms with Crippen molar-refractivity contribution in [3.05, 3.63) is 95.6 Å². The average Bonchev–Trinajstić information content (AvgIpc) is 2.91. The minimum Gasteiger partial charge on any atom is -0.462 e. The molecule has 1 unspecified atom stereocenters. The number of ether oxygens (including phenoxy) is 1. The molecule has 0 spiro atoms. The summed E-state index contributed by atoms with van der Waals surface area (Å²) >= 11 is 0. The highest BCUT2D eigenvalue weighted by Crippen LogP contribution is 2.23. The van der Waals surface area contributed by atoms with Crippen LogP contribution in [0.3, 0.4) is 0 Å². The van der Waals surface area contributed by atoms with E-state index in [0.29, 0.717) is 12.2 Å². The third kappa shape index (κ3) is 6.31. The van der Waals surface area contributed by atoms with Crippen LogP contribution in [0.4, 0.5) is 10.1 Å². The highest BCUT2D eigenvalue weighted by Gasteiger charge is 2.27. The van der Waals surface area contributed by atoms with Crippen LogP contribution in [0.2, 0.25) is 0 Å². The number of nitrogens with zero attached hydrogens (tertiary/aromatic N) is 2. The third-order valence-electron chi connectivity index (χ3n) is 5.84. The van der Waals surface area contributed by atoms with E-state index in [4.69, 9.17) is 4.74 Å². The van der Waals surface area contributed by atoms with Gasteiger partial charge in [0.25, 0.3) is 5.91 Å². The smallest absolute Gasteiger partial charge is 0.327 e. The number of rotatable bonds is 9. The van der Waals surface area contributed by atoms with Gasteiger partial charge in [0.2, 0.25) is 5.91 Å². The molecule has 0 saturated heterocycles. The lowest BCUT2D eigenvalue weighted by Gasteiger charge is -2.25. The van der Waals surface area contributed by atoms with Gasteiger partial charge in [0.15, 0.2) is 0 Å². The van der Waals surface area contributed by atoms with Gasteiger partial charge in [0, 0.05) is 31.4 Å². The monoisotopic (exact) mass is 490 g/mol. The van der Waals surface area contributed by atoms with Gasteiger partial charge in [-0.05, 0) is 35.7 Å². The van der Waals surface area contributed by atoms with Crippen LogP contribution < -0.4 is 15.5 Å². The van der Waals surface area contributed by atoms with Crippen molar-refractivity contribution >= 4 is 23.5 Å². The molecule has 4 rings (SSSR count). The predicted molar refractivity (Wildman–Crippen MR) is 132 cm³/mol. The van der Waals surface area contributed by atoms with Gasteiger partial charge < -0.3 is 20.3 Å². The van der Waals surface area contributed by atoms with Gasteiger partial charge in [-0.15, -0.1) is 0 Å². The first-order valence-electron chi connectivity index (χ1n) is 11.7. The second kappa shape index (κ2) is 12.0. The number of hydrogen-bond acceptors (Lipinski definition) is 6. The van der Waals surface area contributed by atoms with Gasteiger partial charge >= 0.3 is 5.97 Å². The van der Waals surface area contributed by atoms with Crippen LogP contribution in [0.5, 0.6) is 0 Å². The number of carbonyl (C=O) groups excluding carboxylic acids is 3. The molecule has 36 heavy (non-hydrogen) atoms. The molecular formula is C27H27FN4O4. The average molecular weight is 491 g/mol. The molecule has 8 nitrogen and oxygen atoms in total. The van der Waals surface area contributed by atoms with Crippen LogP contribution in [0.1, 0.15) is 33.9 Å². The normalized spacial score (nSPS) is 14.4. The number of pyridine rings is 1. The van der Waals surface area contributed by atoms with Crippen molar-refractivity contribution in [3.8, 4) is 0 Å². The zero-order valence-electron chi connectivity index (χ0n) is 19.7. The molecule has 2 heterocycles. The largest absolute Gasteiger partial charge is 0.462 e. The van der Waals surface area contributed by atoms with E-state index < -0.39 is 17.8 Å². The van der Waals surface area contributed by atoms with Crippen molar-refractivity contribution in [3.63, 3.8) is 0 Å². The maximum absolute atomic E-state index is 13.6. The number of anilines is 1. The van der Waals surface area contributed by atoms with E-state index in [1.54, 1.807) is 24.3 Å². The van der Waals surface area contributed by atoms with Crippen LogP contribution in [0.25, 0.3) is 0 Å². The summed E-state index contributed by atoms with van der Waals surface area (Å²) in [6.45, 7) is 0.941. The van der Waals surface area contributed by atoms with Gasteiger partial charge in [0.1, 0.15) is 18.5 Å². The number of fused-ring (bicyclic) bond motifs is 1. The Labute approximate surface area is 208 Å². The molecule has 0 saturated carbocycles. The second-order valence-electron chi connectivity index (χ2n) is 8.29. The summed E-state index contributed by atoms with van der Waals surface area (Å²) in [7, 11) is 0. The summed E-state index contributed by atoms with van der Waals surface area (Å²) in [4.78, 5) is 43.1. The Hall–Kier alpha value is -4.11. The molecule has 0 fully saturated rings. The van der Waals surface area contributed by atoms with E-state index in [2.05, 4.69) is 15.6 Å². The molecule has 2 amide bonds. The molecular weight excluding hydrogens is 463 g/mol. The van der Waals surface area contributed by atoms with Crippen molar-refractivity contribution in [2.75, 3.05) is 31.1 Å². The maximum Gasteiger partial charge on any atom is 0.327 e. The lowest BCUT2D eigenvalue weighted by molar-refractivity contribution is -0.146. The molecule has 9 heteroatoms. The molecule has 1 atom stereocenters. The van der Waals surface area contributed by atoms with E-state index in [9.17, 15) is 18.8 Å². The molecule has 0 bridgehead atoms. The molecule has 0 radical (unpaired) electrons. The van der Waals surface area contributed by atoms with Crippen molar-refractivity contribution in [1.29, 1.82) is 0 Å². The van der Waals surface area contributed by atoms with E-state index in [0.717, 1.165) is 29.8 Å². The Kier molecular flexibility index (Phi) is 8.36. The lowest BCUT2D eigenvalue weighted by atomic mass is 9.94. The predicted octanol–water partition coefficient (Wildman–Crippen LogP) is 2.80. The Morgan fingerprint density at radius 3 is 2.67 bits per heavy atom. The zero-order valence-corrected chi connectivity index (χ0v) is 19.7. The minimum absolute atomic E-state index is 0.00881. The van der Waals surface area contributed by atoms with Gasteiger partial charge in [-0.1, -0.05) is 42.5 Å². The molecule has 1 aromatic heterocycles. The zero-order chi connectivity index (χ0) is 25.3. The summed E-state index contributed by atoms with van der Waals surface area (Å²) in [5.41, 5.74) is 2.70. The number of amides is 2. The number of halogens is 1. The van der Waals surface area contributed by atoms with Gasteiger partial charge in [-0.2, -0.15) is 0 Å². The van der Waals surface area contributed by atoms with Gasteiger partial charge in [-0.25, -0.2) is 9.18 Å². The van der Waals surface area contributed by atoms with Crippen LogP contribution in [-0.2, 0) is 20.7 Å². The van der Waals surface area contributed by atoms with Crippen molar-refractivity contribution in [2.45, 2.75) is 18.9 Å². The van der Waals surface area contributed by atoms with Crippen LogP contribution in [0, 0.1) is 5.82 Å². The van der Waals surface area contributed by atoms with Crippen LogP contribution >= 0.6 is 0 Å². The first-order valence-corrected chi connectivity index (χ1v) is 11.7. The van der Waals surface area contributed by atoms with Gasteiger partial charge in [-0.3, -0.25) is 14.6 Å². The molecule has 0 aliphatic carbocycles. The molecule has 1 aliphatic rings. The number of esters is 1. The quantitative estimate of drug-likeness (QED) is 0.354. The number of aromatic nitrogens is 1. The number of nitrogens with one attached hydrogen (secondary N) is 2. The summed E-state index contributed by atoms with van der Waals surface area (Å²) < 4.78 is 19.0. The third-order valence-corrected chi connectivity index (χ3v) is 5.84. The standard InChI is InChI=1S/C27H27FN4O4/c28-21-16-20(17-29-18-21)26(34)32(22-7-2-1-3-8-22)14-11-24(33)30-13-15-36-27(35)25-23-9-5-4-6-19(23)10-12-31-25/h1-9,16-18,25,31H,10-15H2,(H,30,33). The second-order valence-corrected chi connectivity index (χ2v) is 8.29. The fourth-order valence-electron chi connectivity index (χ4n) is 4.08. The summed E-state index contributed by atoms with van der Waals surface area (Å²) in [6, 6.07) is 17.2. The van der Waals surface area contributed by atoms with E-state index >= 15 is 0 Å². The molecule has 1 aliphatic heterocycles. The summed E-state index contributed by atoms with van der Waals surface area (Å²) in [6.07, 6.45) is 3.17. The first-order chi connectivity index (χ1) is 17.5. The van der Waals surface area contributed by atoms with Gasteiger partial charge in [0.05, 0.1) is 18.3 Å². The molecule has 186 valence electrons. The van der Waals surface area contributed by atoms with Crippen LogP contribution in [0.15, 0.2) is 73.1 Å².